The van der Waals surface area contributed by atoms with Crippen molar-refractivity contribution in [2.24, 2.45) is 29.1 Å². The predicted molar refractivity (Wildman–Crippen MR) is 106 cm³/mol. The number of benzene rings is 1. The molecule has 26 heavy (non-hydrogen) atoms. The zero-order chi connectivity index (χ0) is 18.9. The largest absolute Gasteiger partial charge is 0.466 e. The molecule has 1 aliphatic heterocycles. The molecule has 3 rings (SSSR count). The van der Waals surface area contributed by atoms with E-state index < -0.39 is 5.41 Å². The maximum absolute atomic E-state index is 13.0. The third-order valence-electron chi connectivity index (χ3n) is 6.61. The lowest BCUT2D eigenvalue weighted by Crippen LogP contribution is -2.51. The Morgan fingerprint density at radius 1 is 1.27 bits per heavy atom. The molecule has 3 nitrogen and oxygen atoms in total. The van der Waals surface area contributed by atoms with Crippen molar-refractivity contribution in [2.45, 2.75) is 47.2 Å². The van der Waals surface area contributed by atoms with Gasteiger partial charge in [0.25, 0.3) is 0 Å². The van der Waals surface area contributed by atoms with Gasteiger partial charge in [-0.2, -0.15) is 0 Å². The Morgan fingerprint density at radius 2 is 1.96 bits per heavy atom. The second-order valence-electron chi connectivity index (χ2n) is 8.52. The highest BCUT2D eigenvalue weighted by atomic mass is 16.5. The van der Waals surface area contributed by atoms with Crippen molar-refractivity contribution in [2.75, 3.05) is 13.2 Å². The van der Waals surface area contributed by atoms with E-state index in [-0.39, 0.29) is 11.9 Å². The van der Waals surface area contributed by atoms with E-state index in [2.05, 4.69) is 75.1 Å². The van der Waals surface area contributed by atoms with E-state index in [1.807, 2.05) is 6.92 Å². The molecule has 3 heteroatoms. The van der Waals surface area contributed by atoms with Crippen molar-refractivity contribution in [3.63, 3.8) is 0 Å². The van der Waals surface area contributed by atoms with Crippen LogP contribution in [0.5, 0.6) is 0 Å². The molecule has 1 saturated heterocycles. The van der Waals surface area contributed by atoms with Crippen molar-refractivity contribution < 1.29 is 9.53 Å². The first-order chi connectivity index (χ1) is 12.4. The number of ether oxygens (including phenoxy) is 1. The van der Waals surface area contributed by atoms with Crippen LogP contribution < -0.4 is 0 Å². The van der Waals surface area contributed by atoms with E-state index in [0.29, 0.717) is 30.4 Å². The molecule has 142 valence electrons. The van der Waals surface area contributed by atoms with Gasteiger partial charge in [0.1, 0.15) is 0 Å². The minimum Gasteiger partial charge on any atom is -0.466 e. The van der Waals surface area contributed by atoms with Crippen molar-refractivity contribution in [1.29, 1.82) is 0 Å². The second-order valence-corrected chi connectivity index (χ2v) is 8.52. The molecule has 2 aliphatic rings. The number of nitrogens with zero attached hydrogens (tertiary/aromatic N) is 1. The van der Waals surface area contributed by atoms with E-state index in [9.17, 15) is 4.79 Å². The number of carbonyl (C=O) groups is 1. The summed E-state index contributed by atoms with van der Waals surface area (Å²) in [7, 11) is 0. The van der Waals surface area contributed by atoms with Gasteiger partial charge >= 0.3 is 5.97 Å². The van der Waals surface area contributed by atoms with Gasteiger partial charge in [-0.1, -0.05) is 63.3 Å². The third-order valence-corrected chi connectivity index (χ3v) is 6.61. The van der Waals surface area contributed by atoms with Gasteiger partial charge in [-0.25, -0.2) is 0 Å². The van der Waals surface area contributed by atoms with Gasteiger partial charge in [-0.05, 0) is 43.1 Å². The Kier molecular flexibility index (Phi) is 5.57. The van der Waals surface area contributed by atoms with Gasteiger partial charge in [0.2, 0.25) is 0 Å². The molecule has 1 aromatic rings. The minimum atomic E-state index is -0.462. The number of hydrogen-bond acceptors (Lipinski definition) is 3. The Balaban J connectivity index is 1.95. The Hall–Kier alpha value is -1.61. The zero-order valence-corrected chi connectivity index (χ0v) is 16.8. The van der Waals surface area contributed by atoms with Gasteiger partial charge in [0, 0.05) is 19.1 Å². The summed E-state index contributed by atoms with van der Waals surface area (Å²) >= 11 is 0. The first-order valence-corrected chi connectivity index (χ1v) is 10.0. The van der Waals surface area contributed by atoms with Gasteiger partial charge < -0.3 is 4.74 Å². The summed E-state index contributed by atoms with van der Waals surface area (Å²) in [4.78, 5) is 15.6. The highest BCUT2D eigenvalue weighted by molar-refractivity contribution is 5.78. The lowest BCUT2D eigenvalue weighted by atomic mass is 9.58. The molecule has 0 bridgehead atoms. The van der Waals surface area contributed by atoms with Crippen LogP contribution in [0.3, 0.4) is 0 Å². The van der Waals surface area contributed by atoms with E-state index in [4.69, 9.17) is 4.74 Å². The number of rotatable bonds is 5. The summed E-state index contributed by atoms with van der Waals surface area (Å²) in [6.07, 6.45) is 4.60. The van der Waals surface area contributed by atoms with Crippen LogP contribution in [0.2, 0.25) is 0 Å². The SMILES string of the molecule is CCOC(=O)[C@]1(C)[C@@H]2[C@@H](C=C[C@@H]1C)CN(Cc1ccccc1)[C@H]2C(C)C. The number of allylic oxidation sites excluding steroid dienone is 1. The lowest BCUT2D eigenvalue weighted by Gasteiger charge is -2.46. The summed E-state index contributed by atoms with van der Waals surface area (Å²) in [5.41, 5.74) is 0.877. The predicted octanol–water partition coefficient (Wildman–Crippen LogP) is 4.53. The smallest absolute Gasteiger partial charge is 0.312 e. The number of hydrogen-bond donors (Lipinski definition) is 0. The van der Waals surface area contributed by atoms with Crippen LogP contribution in [0.4, 0.5) is 0 Å². The average molecular weight is 356 g/mol. The molecule has 0 aromatic heterocycles. The number of esters is 1. The maximum atomic E-state index is 13.0. The lowest BCUT2D eigenvalue weighted by molar-refractivity contribution is -0.163. The highest BCUT2D eigenvalue weighted by Gasteiger charge is 2.58. The van der Waals surface area contributed by atoms with Crippen LogP contribution in [0.1, 0.15) is 40.2 Å². The number of likely N-dealkylation sites (tertiary alicyclic amines) is 1. The van der Waals surface area contributed by atoms with E-state index in [0.717, 1.165) is 13.1 Å². The molecule has 0 spiro atoms. The zero-order valence-electron chi connectivity index (χ0n) is 16.8. The fourth-order valence-corrected chi connectivity index (χ4v) is 5.21. The molecular formula is C23H33NO2. The van der Waals surface area contributed by atoms with E-state index >= 15 is 0 Å². The van der Waals surface area contributed by atoms with Crippen LogP contribution in [0.25, 0.3) is 0 Å². The Bertz CT molecular complexity index is 653. The van der Waals surface area contributed by atoms with Crippen LogP contribution >= 0.6 is 0 Å². The van der Waals surface area contributed by atoms with Gasteiger partial charge in [0.05, 0.1) is 12.0 Å². The molecule has 0 saturated carbocycles. The summed E-state index contributed by atoms with van der Waals surface area (Å²) in [6.45, 7) is 13.2. The normalized spacial score (nSPS) is 34.1. The van der Waals surface area contributed by atoms with Crippen LogP contribution in [-0.2, 0) is 16.1 Å². The van der Waals surface area contributed by atoms with Crippen molar-refractivity contribution in [3.05, 3.63) is 48.0 Å². The van der Waals surface area contributed by atoms with Crippen molar-refractivity contribution in [3.8, 4) is 0 Å². The molecule has 1 heterocycles. The monoisotopic (exact) mass is 355 g/mol. The van der Waals surface area contributed by atoms with E-state index in [1.165, 1.54) is 5.56 Å². The maximum Gasteiger partial charge on any atom is 0.312 e. The molecule has 0 amide bonds. The third kappa shape index (κ3) is 3.22. The highest BCUT2D eigenvalue weighted by Crippen LogP contribution is 2.53. The summed E-state index contributed by atoms with van der Waals surface area (Å²) in [5, 5.41) is 0. The molecule has 0 unspecified atom stereocenters. The van der Waals surface area contributed by atoms with Crippen molar-refractivity contribution >= 4 is 5.97 Å². The molecule has 1 aliphatic carbocycles. The fourth-order valence-electron chi connectivity index (χ4n) is 5.21. The standard InChI is InChI=1S/C23H33NO2/c1-6-26-22(25)23(5)17(4)12-13-19-15-24(21(16(2)3)20(19)23)14-18-10-8-7-9-11-18/h7-13,16-17,19-21H,6,14-15H2,1-5H3/t17-,19-,20+,21-,23-/m0/s1. The molecule has 1 aromatic carbocycles. The Morgan fingerprint density at radius 3 is 2.58 bits per heavy atom. The van der Waals surface area contributed by atoms with Gasteiger partial charge in [-0.3, -0.25) is 9.69 Å². The van der Waals surface area contributed by atoms with Crippen LogP contribution in [0, 0.1) is 29.1 Å². The first kappa shape index (κ1) is 19.2. The Labute approximate surface area is 158 Å². The molecule has 0 N–H and O–H groups in total. The van der Waals surface area contributed by atoms with E-state index in [1.54, 1.807) is 0 Å². The van der Waals surface area contributed by atoms with Gasteiger partial charge in [0.15, 0.2) is 0 Å². The van der Waals surface area contributed by atoms with Crippen LogP contribution in [-0.4, -0.2) is 30.1 Å². The number of fused-ring (bicyclic) bond motifs is 1. The summed E-state index contributed by atoms with van der Waals surface area (Å²) in [5.74, 6) is 1.36. The molecule has 5 atom stereocenters. The van der Waals surface area contributed by atoms with Crippen molar-refractivity contribution in [1.82, 2.24) is 4.90 Å². The van der Waals surface area contributed by atoms with Gasteiger partial charge in [-0.15, -0.1) is 0 Å². The molecule has 0 radical (unpaired) electrons. The quantitative estimate of drug-likeness (QED) is 0.574. The summed E-state index contributed by atoms with van der Waals surface area (Å²) in [6, 6.07) is 11.0. The summed E-state index contributed by atoms with van der Waals surface area (Å²) < 4.78 is 5.55. The van der Waals surface area contributed by atoms with Crippen LogP contribution in [0.15, 0.2) is 42.5 Å². The second kappa shape index (κ2) is 7.56. The molecule has 1 fully saturated rings. The average Bonchev–Trinajstić information content (AvgIpc) is 2.98. The first-order valence-electron chi connectivity index (χ1n) is 10.0. The molecular weight excluding hydrogens is 322 g/mol. The fraction of sp³-hybridized carbons (Fsp3) is 0.609. The topological polar surface area (TPSA) is 29.5 Å². The minimum absolute atomic E-state index is 0.0286. The number of carbonyl (C=O) groups excluding carboxylic acids is 1.